The van der Waals surface area contributed by atoms with Gasteiger partial charge in [0.25, 0.3) is 11.8 Å². The summed E-state index contributed by atoms with van der Waals surface area (Å²) in [5.74, 6) is -0.913. The number of hydrogen-bond acceptors (Lipinski definition) is 13. The summed E-state index contributed by atoms with van der Waals surface area (Å²) in [4.78, 5) is 51.2. The molecular weight excluding hydrogens is 540 g/mol. The fraction of sp³-hybridized carbons (Fsp3) is 0.538. The second-order valence-electron chi connectivity index (χ2n) is 8.74. The van der Waals surface area contributed by atoms with Crippen molar-refractivity contribution in [3.8, 4) is 11.4 Å². The molecule has 0 radical (unpaired) electrons. The van der Waals surface area contributed by atoms with Gasteiger partial charge in [0.15, 0.2) is 5.82 Å². The molecule has 41 heavy (non-hydrogen) atoms. The Bertz CT molecular complexity index is 1120. The van der Waals surface area contributed by atoms with Crippen LogP contribution < -0.4 is 5.32 Å². The van der Waals surface area contributed by atoms with Crippen LogP contribution in [0.1, 0.15) is 37.1 Å². The number of hydrogen-bond donors (Lipinski definition) is 1. The van der Waals surface area contributed by atoms with Crippen molar-refractivity contribution in [2.45, 2.75) is 39.2 Å². The number of hydroxylamine groups is 2. The smallest absolute Gasteiger partial charge is 0.335 e. The van der Waals surface area contributed by atoms with Crippen molar-refractivity contribution >= 4 is 23.7 Å². The Balaban J connectivity index is 1.08. The Morgan fingerprint density at radius 1 is 0.756 bits per heavy atom. The van der Waals surface area contributed by atoms with E-state index in [2.05, 4.69) is 25.7 Å². The van der Waals surface area contributed by atoms with E-state index in [-0.39, 0.29) is 51.4 Å². The van der Waals surface area contributed by atoms with Crippen molar-refractivity contribution < 1.29 is 43.0 Å². The Morgan fingerprint density at radius 2 is 1.27 bits per heavy atom. The van der Waals surface area contributed by atoms with Crippen molar-refractivity contribution in [2.75, 3.05) is 52.9 Å². The van der Waals surface area contributed by atoms with Crippen LogP contribution in [0.4, 0.5) is 0 Å². The number of nitrogens with zero attached hydrogens (tertiary/aromatic N) is 5. The highest BCUT2D eigenvalue weighted by molar-refractivity contribution is 6.01. The highest BCUT2D eigenvalue weighted by Crippen LogP contribution is 2.14. The molecule has 0 bridgehead atoms. The number of ether oxygens (including phenoxy) is 4. The number of carbonyl (C=O) groups excluding carboxylic acids is 4. The van der Waals surface area contributed by atoms with Crippen molar-refractivity contribution in [2.24, 2.45) is 0 Å². The minimum Gasteiger partial charge on any atom is -0.379 e. The molecule has 1 N–H and O–H groups in total. The zero-order valence-corrected chi connectivity index (χ0v) is 22.9. The maximum absolute atomic E-state index is 12.0. The molecule has 1 fully saturated rings. The van der Waals surface area contributed by atoms with Gasteiger partial charge in [0.2, 0.25) is 11.7 Å². The van der Waals surface area contributed by atoms with E-state index in [0.717, 1.165) is 11.1 Å². The van der Waals surface area contributed by atoms with Crippen LogP contribution in [0.3, 0.4) is 0 Å². The number of amides is 3. The standard InChI is InChI=1S/C26H34N6O9/c1-19-28-30-26(31-29-19)21-4-2-20(3-5-21)18-27-22(33)8-10-37-12-14-39-16-17-40-15-13-38-11-9-25(36)41-32-23(34)6-7-24(32)35/h2-5H,6-18H2,1H3,(H,27,33). The van der Waals surface area contributed by atoms with E-state index in [1.54, 1.807) is 6.92 Å². The van der Waals surface area contributed by atoms with Crippen LogP contribution >= 0.6 is 0 Å². The molecule has 3 rings (SSSR count). The summed E-state index contributed by atoms with van der Waals surface area (Å²) < 4.78 is 21.5. The van der Waals surface area contributed by atoms with E-state index >= 15 is 0 Å². The fourth-order valence-electron chi connectivity index (χ4n) is 3.34. The van der Waals surface area contributed by atoms with E-state index < -0.39 is 17.8 Å². The summed E-state index contributed by atoms with van der Waals surface area (Å²) >= 11 is 0. The average Bonchev–Trinajstić information content (AvgIpc) is 3.29. The summed E-state index contributed by atoms with van der Waals surface area (Å²) in [5, 5.41) is 19.2. The predicted octanol–water partition coefficient (Wildman–Crippen LogP) is 0.312. The van der Waals surface area contributed by atoms with E-state index in [1.807, 2.05) is 24.3 Å². The molecule has 1 aliphatic rings. The molecule has 0 aliphatic carbocycles. The predicted molar refractivity (Wildman–Crippen MR) is 139 cm³/mol. The van der Waals surface area contributed by atoms with E-state index in [9.17, 15) is 19.2 Å². The highest BCUT2D eigenvalue weighted by Gasteiger charge is 2.32. The lowest BCUT2D eigenvalue weighted by Crippen LogP contribution is -2.32. The van der Waals surface area contributed by atoms with Crippen LogP contribution in [0.5, 0.6) is 0 Å². The van der Waals surface area contributed by atoms with Gasteiger partial charge >= 0.3 is 5.97 Å². The molecule has 0 spiro atoms. The molecule has 15 nitrogen and oxygen atoms in total. The van der Waals surface area contributed by atoms with Crippen LogP contribution in [-0.4, -0.2) is 102 Å². The minimum atomic E-state index is -0.710. The Labute approximate surface area is 236 Å². The summed E-state index contributed by atoms with van der Waals surface area (Å²) in [6, 6.07) is 7.47. The van der Waals surface area contributed by atoms with Gasteiger partial charge in [-0.25, -0.2) is 4.79 Å². The monoisotopic (exact) mass is 574 g/mol. The molecular formula is C26H34N6O9. The summed E-state index contributed by atoms with van der Waals surface area (Å²) in [7, 11) is 0. The highest BCUT2D eigenvalue weighted by atomic mass is 16.7. The molecule has 1 aliphatic heterocycles. The largest absolute Gasteiger partial charge is 0.379 e. The number of imide groups is 1. The maximum Gasteiger partial charge on any atom is 0.335 e. The van der Waals surface area contributed by atoms with E-state index in [4.69, 9.17) is 23.8 Å². The van der Waals surface area contributed by atoms with Crippen LogP contribution in [0.15, 0.2) is 24.3 Å². The van der Waals surface area contributed by atoms with Crippen molar-refractivity contribution in [3.63, 3.8) is 0 Å². The molecule has 1 aromatic heterocycles. The number of benzene rings is 1. The third kappa shape index (κ3) is 12.0. The van der Waals surface area contributed by atoms with Gasteiger partial charge in [-0.15, -0.1) is 25.5 Å². The lowest BCUT2D eigenvalue weighted by Gasteiger charge is -2.12. The maximum atomic E-state index is 12.0. The molecule has 3 amide bonds. The number of carbonyl (C=O) groups is 4. The molecule has 2 aromatic rings. The second kappa shape index (κ2) is 17.7. The van der Waals surface area contributed by atoms with Gasteiger partial charge in [0, 0.05) is 31.4 Å². The first kappa shape index (κ1) is 31.6. The van der Waals surface area contributed by atoms with E-state index in [1.165, 1.54) is 0 Å². The van der Waals surface area contributed by atoms with Gasteiger partial charge in [-0.05, 0) is 12.5 Å². The Morgan fingerprint density at radius 3 is 1.83 bits per heavy atom. The van der Waals surface area contributed by atoms with Gasteiger partial charge in [-0.2, -0.15) is 0 Å². The average molecular weight is 575 g/mol. The van der Waals surface area contributed by atoms with Crippen molar-refractivity contribution in [3.05, 3.63) is 35.7 Å². The quantitative estimate of drug-likeness (QED) is 0.179. The van der Waals surface area contributed by atoms with E-state index in [0.29, 0.717) is 56.3 Å². The summed E-state index contributed by atoms with van der Waals surface area (Å²) in [6.07, 6.45) is 0.257. The molecule has 0 atom stereocenters. The zero-order valence-electron chi connectivity index (χ0n) is 22.9. The summed E-state index contributed by atoms with van der Waals surface area (Å²) in [6.45, 7) is 4.51. The molecule has 1 saturated heterocycles. The topological polar surface area (TPSA) is 181 Å². The van der Waals surface area contributed by atoms with Crippen LogP contribution in [-0.2, 0) is 49.5 Å². The van der Waals surface area contributed by atoms with Gasteiger partial charge in [-0.1, -0.05) is 24.3 Å². The molecule has 1 aromatic carbocycles. The number of aromatic nitrogens is 4. The first-order valence-electron chi connectivity index (χ1n) is 13.2. The lowest BCUT2D eigenvalue weighted by atomic mass is 10.1. The molecule has 0 saturated carbocycles. The number of aryl methyl sites for hydroxylation is 1. The number of rotatable bonds is 19. The van der Waals surface area contributed by atoms with Crippen molar-refractivity contribution in [1.82, 2.24) is 30.8 Å². The zero-order chi connectivity index (χ0) is 29.3. The fourth-order valence-corrected chi connectivity index (χ4v) is 3.34. The van der Waals surface area contributed by atoms with Gasteiger partial charge in [-0.3, -0.25) is 14.4 Å². The molecule has 0 unspecified atom stereocenters. The summed E-state index contributed by atoms with van der Waals surface area (Å²) in [5.41, 5.74) is 1.73. The molecule has 15 heteroatoms. The van der Waals surface area contributed by atoms with Crippen LogP contribution in [0.25, 0.3) is 11.4 Å². The van der Waals surface area contributed by atoms with Crippen LogP contribution in [0, 0.1) is 6.92 Å². The second-order valence-corrected chi connectivity index (χ2v) is 8.74. The third-order valence-corrected chi connectivity index (χ3v) is 5.52. The molecule has 2 heterocycles. The first-order valence-corrected chi connectivity index (χ1v) is 13.2. The SMILES string of the molecule is Cc1nnc(-c2ccc(CNC(=O)CCOCCOCCOCCOCCC(=O)ON3C(=O)CCC3=O)cc2)nn1. The number of nitrogens with one attached hydrogen (secondary N) is 1. The Hall–Kier alpha value is -3.92. The van der Waals surface area contributed by atoms with Gasteiger partial charge in [0.05, 0.1) is 59.3 Å². The normalized spacial score (nSPS) is 13.0. The Kier molecular flexibility index (Phi) is 13.6. The van der Waals surface area contributed by atoms with Gasteiger partial charge < -0.3 is 29.1 Å². The van der Waals surface area contributed by atoms with Gasteiger partial charge in [0.1, 0.15) is 0 Å². The van der Waals surface area contributed by atoms with Crippen molar-refractivity contribution in [1.29, 1.82) is 0 Å². The molecule has 222 valence electrons. The minimum absolute atomic E-state index is 0.0527. The first-order chi connectivity index (χ1) is 19.9. The lowest BCUT2D eigenvalue weighted by molar-refractivity contribution is -0.198. The third-order valence-electron chi connectivity index (χ3n) is 5.52. The van der Waals surface area contributed by atoms with Crippen LogP contribution in [0.2, 0.25) is 0 Å².